The van der Waals surface area contributed by atoms with Gasteiger partial charge in [-0.3, -0.25) is 20.2 Å². The van der Waals surface area contributed by atoms with Crippen LogP contribution in [-0.4, -0.2) is 16.9 Å². The first-order valence-corrected chi connectivity index (χ1v) is 6.58. The van der Waals surface area contributed by atoms with Crippen molar-refractivity contribution < 1.29 is 9.85 Å². The van der Waals surface area contributed by atoms with Crippen molar-refractivity contribution in [2.24, 2.45) is 0 Å². The highest BCUT2D eigenvalue weighted by Gasteiger charge is 2.22. The van der Waals surface area contributed by atoms with Crippen molar-refractivity contribution in [3.05, 3.63) is 73.8 Å². The fourth-order valence-corrected chi connectivity index (χ4v) is 2.22. The van der Waals surface area contributed by atoms with Crippen molar-refractivity contribution in [3.63, 3.8) is 0 Å². The van der Waals surface area contributed by atoms with Gasteiger partial charge >= 0.3 is 0 Å². The minimum Gasteiger partial charge on any atom is -0.365 e. The molecule has 22 heavy (non-hydrogen) atoms. The van der Waals surface area contributed by atoms with E-state index in [1.807, 2.05) is 31.2 Å². The zero-order valence-electron chi connectivity index (χ0n) is 12.2. The molecule has 0 fully saturated rings. The van der Waals surface area contributed by atoms with Crippen molar-refractivity contribution >= 4 is 17.1 Å². The zero-order valence-corrected chi connectivity index (χ0v) is 12.2. The second kappa shape index (κ2) is 6.21. The van der Waals surface area contributed by atoms with Crippen LogP contribution in [0.25, 0.3) is 0 Å². The summed E-state index contributed by atoms with van der Waals surface area (Å²) in [6.07, 6.45) is 0. The van der Waals surface area contributed by atoms with Gasteiger partial charge in [-0.05, 0) is 24.1 Å². The molecular weight excluding hydrogens is 286 g/mol. The monoisotopic (exact) mass is 301 g/mol. The summed E-state index contributed by atoms with van der Waals surface area (Å²) in [4.78, 5) is 22.4. The first kappa shape index (κ1) is 15.4. The third-order valence-electron chi connectivity index (χ3n) is 3.45. The van der Waals surface area contributed by atoms with E-state index < -0.39 is 9.85 Å². The Morgan fingerprint density at radius 3 is 2.32 bits per heavy atom. The number of aryl methyl sites for hydroxylation is 1. The van der Waals surface area contributed by atoms with Crippen LogP contribution < -0.4 is 4.90 Å². The molecule has 114 valence electrons. The molecule has 7 heteroatoms. The van der Waals surface area contributed by atoms with Crippen LogP contribution in [0.15, 0.2) is 42.5 Å². The van der Waals surface area contributed by atoms with Crippen LogP contribution in [-0.2, 0) is 6.54 Å². The summed E-state index contributed by atoms with van der Waals surface area (Å²) in [7, 11) is 1.72. The molecule has 0 N–H and O–H groups in total. The lowest BCUT2D eigenvalue weighted by Gasteiger charge is -2.20. The Morgan fingerprint density at radius 2 is 1.73 bits per heavy atom. The second-order valence-corrected chi connectivity index (χ2v) is 4.97. The van der Waals surface area contributed by atoms with Crippen molar-refractivity contribution in [1.29, 1.82) is 0 Å². The van der Waals surface area contributed by atoms with Crippen molar-refractivity contribution in [2.75, 3.05) is 11.9 Å². The third kappa shape index (κ3) is 3.20. The maximum absolute atomic E-state index is 11.2. The number of hydrogen-bond donors (Lipinski definition) is 0. The molecule has 0 amide bonds. The number of rotatable bonds is 5. The molecule has 2 rings (SSSR count). The predicted molar refractivity (Wildman–Crippen MR) is 83.0 cm³/mol. The highest BCUT2D eigenvalue weighted by molar-refractivity contribution is 5.66. The highest BCUT2D eigenvalue weighted by atomic mass is 16.6. The summed E-state index contributed by atoms with van der Waals surface area (Å²) in [5, 5.41) is 21.9. The van der Waals surface area contributed by atoms with Crippen molar-refractivity contribution in [3.8, 4) is 0 Å². The summed E-state index contributed by atoms with van der Waals surface area (Å²) in [5.74, 6) is 0. The molecule has 0 bridgehead atoms. The van der Waals surface area contributed by atoms with Gasteiger partial charge in [0.1, 0.15) is 5.69 Å². The Morgan fingerprint density at radius 1 is 1.05 bits per heavy atom. The number of nitrogens with zero attached hydrogens (tertiary/aromatic N) is 3. The number of nitro groups is 2. The Balaban J connectivity index is 2.37. The number of non-ortho nitro benzene ring substituents is 1. The molecule has 0 unspecified atom stereocenters. The predicted octanol–water partition coefficient (Wildman–Crippen LogP) is 3.45. The lowest BCUT2D eigenvalue weighted by atomic mass is 10.1. The summed E-state index contributed by atoms with van der Waals surface area (Å²) < 4.78 is 0. The Kier molecular flexibility index (Phi) is 4.36. The number of anilines is 1. The van der Waals surface area contributed by atoms with Gasteiger partial charge in [0.2, 0.25) is 0 Å². The molecule has 0 atom stereocenters. The van der Waals surface area contributed by atoms with E-state index in [-0.39, 0.29) is 11.4 Å². The van der Waals surface area contributed by atoms with E-state index in [9.17, 15) is 20.2 Å². The van der Waals surface area contributed by atoms with E-state index in [0.717, 1.165) is 17.2 Å². The van der Waals surface area contributed by atoms with E-state index in [1.165, 1.54) is 12.1 Å². The standard InChI is InChI=1S/C15H15N3O4/c1-11-5-3-4-6-12(11)10-16(2)14-8-7-13(17(19)20)9-15(14)18(21)22/h3-9H,10H2,1-2H3. The van der Waals surface area contributed by atoms with Crippen molar-refractivity contribution in [2.45, 2.75) is 13.5 Å². The average Bonchev–Trinajstić information content (AvgIpc) is 2.48. The molecule has 2 aromatic rings. The SMILES string of the molecule is Cc1ccccc1CN(C)c1ccc([N+](=O)[O-])cc1[N+](=O)[O-]. The third-order valence-corrected chi connectivity index (χ3v) is 3.45. The first-order valence-electron chi connectivity index (χ1n) is 6.58. The van der Waals surface area contributed by atoms with Gasteiger partial charge in [0.15, 0.2) is 0 Å². The molecule has 2 aromatic carbocycles. The molecule has 0 saturated carbocycles. The molecule has 0 saturated heterocycles. The normalized spacial score (nSPS) is 10.3. The van der Waals surface area contributed by atoms with Crippen LogP contribution in [0, 0.1) is 27.2 Å². The van der Waals surface area contributed by atoms with Crippen LogP contribution >= 0.6 is 0 Å². The first-order chi connectivity index (χ1) is 10.4. The van der Waals surface area contributed by atoms with E-state index >= 15 is 0 Å². The molecule has 0 heterocycles. The Bertz CT molecular complexity index is 730. The quantitative estimate of drug-likeness (QED) is 0.623. The molecule has 7 nitrogen and oxygen atoms in total. The number of nitro benzene ring substituents is 2. The fraction of sp³-hybridized carbons (Fsp3) is 0.200. The van der Waals surface area contributed by atoms with Gasteiger partial charge in [0, 0.05) is 19.7 Å². The maximum Gasteiger partial charge on any atom is 0.299 e. The number of benzene rings is 2. The smallest absolute Gasteiger partial charge is 0.299 e. The van der Waals surface area contributed by atoms with Crippen LogP contribution in [0.2, 0.25) is 0 Å². The molecule has 0 aliphatic heterocycles. The molecule has 0 aliphatic carbocycles. The Hall–Kier alpha value is -2.96. The lowest BCUT2D eigenvalue weighted by molar-refractivity contribution is -0.393. The summed E-state index contributed by atoms with van der Waals surface area (Å²) in [5.41, 5.74) is 1.90. The van der Waals surface area contributed by atoms with Crippen LogP contribution in [0.4, 0.5) is 17.1 Å². The topological polar surface area (TPSA) is 89.5 Å². The molecular formula is C15H15N3O4. The van der Waals surface area contributed by atoms with Gasteiger partial charge in [-0.2, -0.15) is 0 Å². The van der Waals surface area contributed by atoms with Gasteiger partial charge < -0.3 is 4.90 Å². The lowest BCUT2D eigenvalue weighted by Crippen LogP contribution is -2.18. The molecule has 0 spiro atoms. The summed E-state index contributed by atoms with van der Waals surface area (Å²) in [6, 6.07) is 11.4. The van der Waals surface area contributed by atoms with Crippen LogP contribution in [0.1, 0.15) is 11.1 Å². The summed E-state index contributed by atoms with van der Waals surface area (Å²) in [6.45, 7) is 2.44. The van der Waals surface area contributed by atoms with Gasteiger partial charge in [0.05, 0.1) is 15.9 Å². The van der Waals surface area contributed by atoms with E-state index in [0.29, 0.717) is 12.2 Å². The fourth-order valence-electron chi connectivity index (χ4n) is 2.22. The van der Waals surface area contributed by atoms with Crippen LogP contribution in [0.3, 0.4) is 0 Å². The van der Waals surface area contributed by atoms with E-state index in [2.05, 4.69) is 0 Å². The van der Waals surface area contributed by atoms with Gasteiger partial charge in [-0.15, -0.1) is 0 Å². The summed E-state index contributed by atoms with van der Waals surface area (Å²) >= 11 is 0. The van der Waals surface area contributed by atoms with Gasteiger partial charge in [-0.25, -0.2) is 0 Å². The minimum atomic E-state index is -0.641. The minimum absolute atomic E-state index is 0.273. The average molecular weight is 301 g/mol. The zero-order chi connectivity index (χ0) is 16.3. The van der Waals surface area contributed by atoms with Gasteiger partial charge in [0.25, 0.3) is 11.4 Å². The highest BCUT2D eigenvalue weighted by Crippen LogP contribution is 2.32. The maximum atomic E-state index is 11.2. The Labute approximate surface area is 127 Å². The molecule has 0 radical (unpaired) electrons. The van der Waals surface area contributed by atoms with Crippen LogP contribution in [0.5, 0.6) is 0 Å². The molecule has 0 aromatic heterocycles. The van der Waals surface area contributed by atoms with E-state index in [4.69, 9.17) is 0 Å². The van der Waals surface area contributed by atoms with Gasteiger partial charge in [-0.1, -0.05) is 24.3 Å². The van der Waals surface area contributed by atoms with Crippen molar-refractivity contribution in [1.82, 2.24) is 0 Å². The van der Waals surface area contributed by atoms with E-state index in [1.54, 1.807) is 11.9 Å². The second-order valence-electron chi connectivity index (χ2n) is 4.97. The number of hydrogen-bond acceptors (Lipinski definition) is 5. The molecule has 0 aliphatic rings. The largest absolute Gasteiger partial charge is 0.365 e.